The molecule has 0 amide bonds. The first-order valence-corrected chi connectivity index (χ1v) is 8.87. The molecule has 0 radical (unpaired) electrons. The first kappa shape index (κ1) is 17.7. The number of nitriles is 1. The number of anilines is 1. The number of aryl methyl sites for hydroxylation is 1. The summed E-state index contributed by atoms with van der Waals surface area (Å²) in [6, 6.07) is 2.75. The maximum atomic E-state index is 9.53. The molecule has 2 unspecified atom stereocenters. The fraction of sp³-hybridized carbons (Fsp3) is 0.722. The Bertz CT molecular complexity index is 563. The molecule has 1 aliphatic rings. The lowest BCUT2D eigenvalue weighted by Gasteiger charge is -2.35. The highest BCUT2D eigenvalue weighted by atomic mass is 15.2. The molecule has 0 aromatic carbocycles. The van der Waals surface area contributed by atoms with Crippen LogP contribution in [0.2, 0.25) is 0 Å². The van der Waals surface area contributed by atoms with Crippen molar-refractivity contribution < 1.29 is 0 Å². The van der Waals surface area contributed by atoms with Crippen molar-refractivity contribution in [3.8, 4) is 6.07 Å². The second kappa shape index (κ2) is 8.26. The van der Waals surface area contributed by atoms with E-state index in [4.69, 9.17) is 0 Å². The Balaban J connectivity index is 2.07. The van der Waals surface area contributed by atoms with Gasteiger partial charge in [0, 0.05) is 19.1 Å². The van der Waals surface area contributed by atoms with Gasteiger partial charge in [0.25, 0.3) is 0 Å². The summed E-state index contributed by atoms with van der Waals surface area (Å²) in [5.74, 6) is 1.41. The van der Waals surface area contributed by atoms with E-state index in [0.717, 1.165) is 43.1 Å². The topological polar surface area (TPSA) is 64.8 Å². The number of nitrogens with zero attached hydrogens (tertiary/aromatic N) is 4. The van der Waals surface area contributed by atoms with Crippen LogP contribution in [0.3, 0.4) is 0 Å². The average molecular weight is 315 g/mol. The van der Waals surface area contributed by atoms with Crippen molar-refractivity contribution in [1.82, 2.24) is 15.1 Å². The third kappa shape index (κ3) is 4.20. The molecule has 23 heavy (non-hydrogen) atoms. The molecule has 0 bridgehead atoms. The largest absolute Gasteiger partial charge is 0.366 e. The summed E-state index contributed by atoms with van der Waals surface area (Å²) < 4.78 is 0. The molecule has 2 heterocycles. The minimum Gasteiger partial charge on any atom is -0.366 e. The Morgan fingerprint density at radius 3 is 2.74 bits per heavy atom. The minimum absolute atomic E-state index is 0.432. The van der Waals surface area contributed by atoms with Crippen LogP contribution in [0.25, 0.3) is 0 Å². The zero-order valence-corrected chi connectivity index (χ0v) is 14.9. The number of aromatic nitrogens is 2. The average Bonchev–Trinajstić information content (AvgIpc) is 2.58. The van der Waals surface area contributed by atoms with Crippen LogP contribution in [0.5, 0.6) is 0 Å². The summed E-state index contributed by atoms with van der Waals surface area (Å²) in [4.78, 5) is 2.53. The summed E-state index contributed by atoms with van der Waals surface area (Å²) >= 11 is 0. The van der Waals surface area contributed by atoms with Gasteiger partial charge >= 0.3 is 0 Å². The number of hydrogen-bond acceptors (Lipinski definition) is 5. The summed E-state index contributed by atoms with van der Waals surface area (Å²) in [6.45, 7) is 11.8. The minimum atomic E-state index is 0.432. The van der Waals surface area contributed by atoms with Crippen LogP contribution in [0.15, 0.2) is 0 Å². The smallest absolute Gasteiger partial charge is 0.167 e. The highest BCUT2D eigenvalue weighted by Crippen LogP contribution is 2.21. The maximum Gasteiger partial charge on any atom is 0.167 e. The van der Waals surface area contributed by atoms with Crippen molar-refractivity contribution in [2.24, 2.45) is 5.92 Å². The molecule has 1 saturated heterocycles. The monoisotopic (exact) mass is 315 g/mol. The molecular formula is C18H29N5. The van der Waals surface area contributed by atoms with E-state index < -0.39 is 0 Å². The van der Waals surface area contributed by atoms with Crippen molar-refractivity contribution in [3.05, 3.63) is 16.8 Å². The van der Waals surface area contributed by atoms with E-state index in [9.17, 15) is 5.26 Å². The third-order valence-corrected chi connectivity index (χ3v) is 4.83. The SMILES string of the molecule is CCc1nnc(NCC(C)N2CCCC(C)C2)c(C#N)c1CC. The standard InChI is InChI=1S/C18H29N5/c1-5-15-16(10-19)18(22-21-17(15)6-2)20-11-14(4)23-9-7-8-13(3)12-23/h13-14H,5-9,11-12H2,1-4H3,(H,20,22). The number of rotatable bonds is 6. The Kier molecular flexibility index (Phi) is 6.35. The van der Waals surface area contributed by atoms with E-state index in [-0.39, 0.29) is 0 Å². The zero-order valence-electron chi connectivity index (χ0n) is 14.9. The molecule has 0 aliphatic carbocycles. The molecule has 1 aliphatic heterocycles. The molecule has 2 atom stereocenters. The molecule has 0 spiro atoms. The van der Waals surface area contributed by atoms with E-state index in [1.54, 1.807) is 0 Å². The number of nitrogens with one attached hydrogen (secondary N) is 1. The van der Waals surface area contributed by atoms with Gasteiger partial charge in [-0.2, -0.15) is 10.4 Å². The zero-order chi connectivity index (χ0) is 16.8. The second-order valence-corrected chi connectivity index (χ2v) is 6.64. The molecule has 0 saturated carbocycles. The van der Waals surface area contributed by atoms with Crippen molar-refractivity contribution in [2.45, 2.75) is 59.4 Å². The maximum absolute atomic E-state index is 9.53. The first-order chi connectivity index (χ1) is 11.1. The Hall–Kier alpha value is -1.67. The summed E-state index contributed by atoms with van der Waals surface area (Å²) in [6.07, 6.45) is 4.24. The van der Waals surface area contributed by atoms with Crippen LogP contribution < -0.4 is 5.32 Å². The Labute approximate surface area is 140 Å². The molecule has 5 heteroatoms. The summed E-state index contributed by atoms with van der Waals surface area (Å²) in [7, 11) is 0. The number of piperidine rings is 1. The van der Waals surface area contributed by atoms with Crippen molar-refractivity contribution >= 4 is 5.82 Å². The van der Waals surface area contributed by atoms with Crippen LogP contribution in [0, 0.1) is 17.2 Å². The molecule has 1 aromatic rings. The third-order valence-electron chi connectivity index (χ3n) is 4.83. The summed E-state index contributed by atoms with van der Waals surface area (Å²) in [5.41, 5.74) is 2.64. The van der Waals surface area contributed by atoms with E-state index in [1.807, 2.05) is 0 Å². The fourth-order valence-corrected chi connectivity index (χ4v) is 3.42. The molecule has 1 N–H and O–H groups in total. The molecule has 5 nitrogen and oxygen atoms in total. The first-order valence-electron chi connectivity index (χ1n) is 8.87. The van der Waals surface area contributed by atoms with Gasteiger partial charge in [-0.05, 0) is 50.6 Å². The number of likely N-dealkylation sites (tertiary alicyclic amines) is 1. The van der Waals surface area contributed by atoms with Gasteiger partial charge in [-0.1, -0.05) is 20.8 Å². The van der Waals surface area contributed by atoms with Crippen LogP contribution in [-0.4, -0.2) is 40.8 Å². The molecule has 1 aromatic heterocycles. The van der Waals surface area contributed by atoms with E-state index in [0.29, 0.717) is 17.4 Å². The van der Waals surface area contributed by atoms with Gasteiger partial charge in [0.15, 0.2) is 5.82 Å². The van der Waals surface area contributed by atoms with E-state index in [1.165, 1.54) is 19.4 Å². The normalized spacial score (nSPS) is 20.0. The van der Waals surface area contributed by atoms with E-state index in [2.05, 4.69) is 54.2 Å². The van der Waals surface area contributed by atoms with Crippen LogP contribution in [0.1, 0.15) is 57.4 Å². The predicted molar refractivity (Wildman–Crippen MR) is 93.4 cm³/mol. The lowest BCUT2D eigenvalue weighted by atomic mass is 9.99. The fourth-order valence-electron chi connectivity index (χ4n) is 3.42. The second-order valence-electron chi connectivity index (χ2n) is 6.64. The van der Waals surface area contributed by atoms with Gasteiger partial charge in [0.05, 0.1) is 5.69 Å². The van der Waals surface area contributed by atoms with Crippen LogP contribution >= 0.6 is 0 Å². The predicted octanol–water partition coefficient (Wildman–Crippen LogP) is 3.01. The van der Waals surface area contributed by atoms with Gasteiger partial charge < -0.3 is 5.32 Å². The van der Waals surface area contributed by atoms with Gasteiger partial charge in [-0.15, -0.1) is 5.10 Å². The highest BCUT2D eigenvalue weighted by Gasteiger charge is 2.21. The van der Waals surface area contributed by atoms with Gasteiger partial charge in [-0.3, -0.25) is 4.90 Å². The van der Waals surface area contributed by atoms with E-state index >= 15 is 0 Å². The van der Waals surface area contributed by atoms with Gasteiger partial charge in [0.1, 0.15) is 11.6 Å². The van der Waals surface area contributed by atoms with Crippen molar-refractivity contribution in [3.63, 3.8) is 0 Å². The summed E-state index contributed by atoms with van der Waals surface area (Å²) in [5, 5.41) is 21.5. The van der Waals surface area contributed by atoms with Crippen LogP contribution in [0.4, 0.5) is 5.82 Å². The van der Waals surface area contributed by atoms with Gasteiger partial charge in [-0.25, -0.2) is 0 Å². The molecule has 126 valence electrons. The Morgan fingerprint density at radius 1 is 1.35 bits per heavy atom. The van der Waals surface area contributed by atoms with Crippen molar-refractivity contribution in [1.29, 1.82) is 5.26 Å². The molecule has 2 rings (SSSR count). The van der Waals surface area contributed by atoms with Crippen LogP contribution in [-0.2, 0) is 12.8 Å². The lowest BCUT2D eigenvalue weighted by molar-refractivity contribution is 0.144. The lowest BCUT2D eigenvalue weighted by Crippen LogP contribution is -2.43. The highest BCUT2D eigenvalue weighted by molar-refractivity contribution is 5.56. The molecule has 1 fully saturated rings. The quantitative estimate of drug-likeness (QED) is 0.874. The van der Waals surface area contributed by atoms with Gasteiger partial charge in [0.2, 0.25) is 0 Å². The Morgan fingerprint density at radius 2 is 2.13 bits per heavy atom. The van der Waals surface area contributed by atoms with Crippen molar-refractivity contribution in [2.75, 3.05) is 25.0 Å². The number of hydrogen-bond donors (Lipinski definition) is 1. The molecular weight excluding hydrogens is 286 g/mol.